The normalized spacial score (nSPS) is 15.7. The van der Waals surface area contributed by atoms with E-state index in [-0.39, 0.29) is 17.8 Å². The molecule has 4 rings (SSSR count). The molecule has 0 saturated carbocycles. The van der Waals surface area contributed by atoms with Crippen molar-refractivity contribution in [1.82, 2.24) is 19.8 Å². The summed E-state index contributed by atoms with van der Waals surface area (Å²) in [6.07, 6.45) is 9.38. The monoisotopic (exact) mass is 580 g/mol. The highest BCUT2D eigenvalue weighted by atomic mass is 32.2. The van der Waals surface area contributed by atoms with Gasteiger partial charge in [0, 0.05) is 44.1 Å². The number of rotatable bonds is 13. The zero-order valence-corrected chi connectivity index (χ0v) is 24.3. The number of halogens is 1. The van der Waals surface area contributed by atoms with Crippen LogP contribution in [0.15, 0.2) is 67.3 Å². The first kappa shape index (κ1) is 30.5. The molecule has 2 aromatic carbocycles. The molecular weight excluding hydrogens is 543 g/mol. The van der Waals surface area contributed by atoms with Crippen LogP contribution in [0.1, 0.15) is 34.8 Å². The third-order valence-corrected chi connectivity index (χ3v) is 7.40. The highest BCUT2D eigenvalue weighted by Gasteiger charge is 2.25. The van der Waals surface area contributed by atoms with Crippen molar-refractivity contribution in [2.75, 3.05) is 44.9 Å². The number of amides is 1. The zero-order chi connectivity index (χ0) is 29.0. The van der Waals surface area contributed by atoms with E-state index in [1.54, 1.807) is 54.6 Å². The van der Waals surface area contributed by atoms with Crippen LogP contribution >= 0.6 is 11.8 Å². The van der Waals surface area contributed by atoms with E-state index in [2.05, 4.69) is 15.2 Å². The molecule has 1 aliphatic rings. The number of nitrogens with zero attached hydrogens (tertiary/aromatic N) is 3. The fourth-order valence-corrected chi connectivity index (χ4v) is 5.09. The molecule has 3 aromatic rings. The van der Waals surface area contributed by atoms with Gasteiger partial charge in [0.25, 0.3) is 5.91 Å². The average molecular weight is 581 g/mol. The van der Waals surface area contributed by atoms with Gasteiger partial charge in [0.05, 0.1) is 19.5 Å². The maximum Gasteiger partial charge on any atom is 0.328 e. The second kappa shape index (κ2) is 15.5. The van der Waals surface area contributed by atoms with Gasteiger partial charge in [-0.2, -0.15) is 11.8 Å². The lowest BCUT2D eigenvalue weighted by atomic mass is 10.0. The van der Waals surface area contributed by atoms with Crippen molar-refractivity contribution < 1.29 is 23.5 Å². The van der Waals surface area contributed by atoms with Crippen LogP contribution < -0.4 is 5.32 Å². The number of aromatic nitrogens is 2. The Balaban J connectivity index is 1.47. The van der Waals surface area contributed by atoms with Crippen LogP contribution in [-0.4, -0.2) is 83.3 Å². The molecule has 1 unspecified atom stereocenters. The van der Waals surface area contributed by atoms with Gasteiger partial charge in [0.2, 0.25) is 0 Å². The Morgan fingerprint density at radius 3 is 2.66 bits per heavy atom. The molecule has 1 saturated heterocycles. The van der Waals surface area contributed by atoms with Crippen LogP contribution in [0.2, 0.25) is 0 Å². The number of imidazole rings is 1. The number of thioether (sulfide) groups is 1. The Bertz CT molecular complexity index is 1290. The third kappa shape index (κ3) is 9.55. The van der Waals surface area contributed by atoms with Gasteiger partial charge in [-0.15, -0.1) is 0 Å². The summed E-state index contributed by atoms with van der Waals surface area (Å²) in [5, 5.41) is 2.90. The molecule has 1 aliphatic heterocycles. The summed E-state index contributed by atoms with van der Waals surface area (Å²) in [6, 6.07) is 12.8. The molecule has 2 atom stereocenters. The standard InChI is InChI=1S/C31H37FN4O4S/c1-23(20-35-13-15-39-16-14-35)40-31(38)29(10-17-41-2)34-30(37)26-5-3-4-24(18-26)19-27(21-36-12-11-33-22-36)25-6-8-28(32)9-7-25/h3-9,11-12,18-19,22-23,29H,10,13-17,20-21H2,1-2H3,(H,34,37)/t23?,29-/m0/s1. The van der Waals surface area contributed by atoms with Gasteiger partial charge in [0.1, 0.15) is 18.0 Å². The SMILES string of the molecule is CSCC[C@H](NC(=O)c1cccc(C=C(Cn2ccnc2)c2ccc(F)cc2)c1)C(=O)OC(C)CN1CCOCC1. The molecule has 1 N–H and O–H groups in total. The number of carbonyl (C=O) groups is 2. The Morgan fingerprint density at radius 1 is 1.17 bits per heavy atom. The summed E-state index contributed by atoms with van der Waals surface area (Å²) in [5.74, 6) is -0.375. The van der Waals surface area contributed by atoms with Crippen molar-refractivity contribution in [2.45, 2.75) is 32.0 Å². The quantitative estimate of drug-likeness (QED) is 0.237. The summed E-state index contributed by atoms with van der Waals surface area (Å²) in [5.41, 5.74) is 3.03. The number of nitrogens with one attached hydrogen (secondary N) is 1. The van der Waals surface area contributed by atoms with Crippen molar-refractivity contribution in [2.24, 2.45) is 0 Å². The molecule has 1 aromatic heterocycles. The fraction of sp³-hybridized carbons (Fsp3) is 0.387. The molecule has 0 aliphatic carbocycles. The van der Waals surface area contributed by atoms with E-state index in [0.29, 0.717) is 44.0 Å². The minimum absolute atomic E-state index is 0.303. The van der Waals surface area contributed by atoms with Crippen LogP contribution in [0, 0.1) is 5.82 Å². The molecular formula is C31H37FN4O4S. The summed E-state index contributed by atoms with van der Waals surface area (Å²) in [6.45, 7) is 6.00. The highest BCUT2D eigenvalue weighted by molar-refractivity contribution is 7.98. The van der Waals surface area contributed by atoms with Gasteiger partial charge in [0.15, 0.2) is 0 Å². The van der Waals surface area contributed by atoms with Gasteiger partial charge < -0.3 is 19.4 Å². The highest BCUT2D eigenvalue weighted by Crippen LogP contribution is 2.22. The van der Waals surface area contributed by atoms with E-state index in [1.807, 2.05) is 36.1 Å². The summed E-state index contributed by atoms with van der Waals surface area (Å²) >= 11 is 1.61. The first-order chi connectivity index (χ1) is 19.9. The van der Waals surface area contributed by atoms with Gasteiger partial charge in [-0.3, -0.25) is 9.69 Å². The van der Waals surface area contributed by atoms with Gasteiger partial charge in [-0.25, -0.2) is 14.2 Å². The lowest BCUT2D eigenvalue weighted by molar-refractivity contribution is -0.151. The second-order valence-electron chi connectivity index (χ2n) is 10.0. The molecule has 8 nitrogen and oxygen atoms in total. The number of allylic oxidation sites excluding steroid dienone is 1. The predicted molar refractivity (Wildman–Crippen MR) is 160 cm³/mol. The first-order valence-corrected chi connectivity index (χ1v) is 15.1. The molecule has 0 bridgehead atoms. The molecule has 2 heterocycles. The molecule has 10 heteroatoms. The Kier molecular flexibility index (Phi) is 11.5. The number of morpholine rings is 1. The maximum absolute atomic E-state index is 13.6. The first-order valence-electron chi connectivity index (χ1n) is 13.7. The van der Waals surface area contributed by atoms with Gasteiger partial charge in [-0.05, 0) is 72.4 Å². The summed E-state index contributed by atoms with van der Waals surface area (Å²) < 4.78 is 26.6. The average Bonchev–Trinajstić information content (AvgIpc) is 3.49. The Hall–Kier alpha value is -3.47. The van der Waals surface area contributed by atoms with Crippen molar-refractivity contribution in [1.29, 1.82) is 0 Å². The van der Waals surface area contributed by atoms with Crippen LogP contribution in [-0.2, 0) is 20.8 Å². The number of carbonyl (C=O) groups excluding carboxylic acids is 2. The van der Waals surface area contributed by atoms with Crippen molar-refractivity contribution >= 4 is 35.3 Å². The number of hydrogen-bond acceptors (Lipinski definition) is 7. The van der Waals surface area contributed by atoms with Crippen molar-refractivity contribution in [3.05, 3.63) is 89.8 Å². The molecule has 0 spiro atoms. The van der Waals surface area contributed by atoms with Crippen molar-refractivity contribution in [3.63, 3.8) is 0 Å². The lowest BCUT2D eigenvalue weighted by Gasteiger charge is -2.29. The van der Waals surface area contributed by atoms with Crippen LogP contribution in [0.3, 0.4) is 0 Å². The Labute approximate surface area is 244 Å². The second-order valence-corrected chi connectivity index (χ2v) is 11.0. The van der Waals surface area contributed by atoms with Gasteiger partial charge >= 0.3 is 5.97 Å². The van der Waals surface area contributed by atoms with Crippen LogP contribution in [0.4, 0.5) is 4.39 Å². The van der Waals surface area contributed by atoms with E-state index in [0.717, 1.165) is 29.8 Å². The third-order valence-electron chi connectivity index (χ3n) is 6.75. The largest absolute Gasteiger partial charge is 0.460 e. The number of hydrogen-bond donors (Lipinski definition) is 1. The topological polar surface area (TPSA) is 85.7 Å². The van der Waals surface area contributed by atoms with E-state index in [9.17, 15) is 14.0 Å². The van der Waals surface area contributed by atoms with Crippen LogP contribution in [0.5, 0.6) is 0 Å². The molecule has 218 valence electrons. The zero-order valence-electron chi connectivity index (χ0n) is 23.5. The lowest BCUT2D eigenvalue weighted by Crippen LogP contribution is -2.45. The minimum atomic E-state index is -0.752. The molecule has 0 radical (unpaired) electrons. The van der Waals surface area contributed by atoms with E-state index >= 15 is 0 Å². The van der Waals surface area contributed by atoms with E-state index in [4.69, 9.17) is 9.47 Å². The number of ether oxygens (including phenoxy) is 2. The van der Waals surface area contributed by atoms with Crippen molar-refractivity contribution in [3.8, 4) is 0 Å². The fourth-order valence-electron chi connectivity index (χ4n) is 4.62. The minimum Gasteiger partial charge on any atom is -0.460 e. The Morgan fingerprint density at radius 2 is 1.95 bits per heavy atom. The smallest absolute Gasteiger partial charge is 0.328 e. The molecule has 1 amide bonds. The van der Waals surface area contributed by atoms with Crippen LogP contribution in [0.25, 0.3) is 11.6 Å². The summed E-state index contributed by atoms with van der Waals surface area (Å²) in [4.78, 5) is 32.7. The predicted octanol–water partition coefficient (Wildman–Crippen LogP) is 4.38. The van der Waals surface area contributed by atoms with E-state index < -0.39 is 12.0 Å². The number of benzene rings is 2. The maximum atomic E-state index is 13.6. The van der Waals surface area contributed by atoms with Gasteiger partial charge in [-0.1, -0.05) is 24.3 Å². The molecule has 1 fully saturated rings. The molecule has 41 heavy (non-hydrogen) atoms. The van der Waals surface area contributed by atoms with E-state index in [1.165, 1.54) is 12.1 Å². The summed E-state index contributed by atoms with van der Waals surface area (Å²) in [7, 11) is 0. The number of esters is 1.